The molecule has 6 heteroatoms. The Hall–Kier alpha value is -0.880. The van der Waals surface area contributed by atoms with Crippen LogP contribution < -0.4 is 0 Å². The van der Waals surface area contributed by atoms with Crippen molar-refractivity contribution in [2.24, 2.45) is 0 Å². The lowest BCUT2D eigenvalue weighted by atomic mass is 10.1. The van der Waals surface area contributed by atoms with Gasteiger partial charge in [0.15, 0.2) is 0 Å². The number of halogens is 1. The fraction of sp³-hybridized carbons (Fsp3) is 0.333. The molecule has 0 bridgehead atoms. The van der Waals surface area contributed by atoms with Gasteiger partial charge in [-0.2, -0.15) is 4.31 Å². The van der Waals surface area contributed by atoms with Gasteiger partial charge in [0.05, 0.1) is 4.90 Å². The molecule has 0 amide bonds. The monoisotopic (exact) mass is 343 g/mol. The van der Waals surface area contributed by atoms with Crippen molar-refractivity contribution in [2.75, 3.05) is 6.54 Å². The van der Waals surface area contributed by atoms with Crippen LogP contribution in [0.3, 0.4) is 0 Å². The van der Waals surface area contributed by atoms with Gasteiger partial charge in [-0.15, -0.1) is 22.9 Å². The van der Waals surface area contributed by atoms with Crippen LogP contribution in [-0.2, 0) is 22.4 Å². The van der Waals surface area contributed by atoms with Crippen molar-refractivity contribution in [1.29, 1.82) is 0 Å². The van der Waals surface area contributed by atoms with E-state index in [1.807, 2.05) is 37.4 Å². The lowest BCUT2D eigenvalue weighted by Gasteiger charge is -2.21. The molecule has 2 rings (SSSR count). The van der Waals surface area contributed by atoms with E-state index in [4.69, 9.17) is 11.6 Å². The van der Waals surface area contributed by atoms with Crippen LogP contribution in [0.15, 0.2) is 40.6 Å². The maximum absolute atomic E-state index is 12.9. The Kier molecular flexibility index (Phi) is 5.43. The summed E-state index contributed by atoms with van der Waals surface area (Å²) in [5.41, 5.74) is 1.59. The number of rotatable bonds is 6. The van der Waals surface area contributed by atoms with Gasteiger partial charge in [0.1, 0.15) is 0 Å². The summed E-state index contributed by atoms with van der Waals surface area (Å²) in [7, 11) is -3.51. The summed E-state index contributed by atoms with van der Waals surface area (Å²) in [5, 5.41) is 1.95. The number of nitrogens with zero attached hydrogens (tertiary/aromatic N) is 1. The van der Waals surface area contributed by atoms with Gasteiger partial charge in [-0.1, -0.05) is 25.1 Å². The average Bonchev–Trinajstić information content (AvgIpc) is 2.97. The lowest BCUT2D eigenvalue weighted by molar-refractivity contribution is 0.426. The van der Waals surface area contributed by atoms with Crippen LogP contribution in [0.5, 0.6) is 0 Å². The highest BCUT2D eigenvalue weighted by atomic mass is 35.5. The Morgan fingerprint density at radius 2 is 2.00 bits per heavy atom. The summed E-state index contributed by atoms with van der Waals surface area (Å²) in [6.45, 7) is 4.50. The van der Waals surface area contributed by atoms with E-state index in [1.54, 1.807) is 23.5 Å². The van der Waals surface area contributed by atoms with Gasteiger partial charge >= 0.3 is 0 Å². The van der Waals surface area contributed by atoms with Crippen molar-refractivity contribution in [3.8, 4) is 0 Å². The minimum Gasteiger partial charge on any atom is -0.207 e. The van der Waals surface area contributed by atoms with Crippen molar-refractivity contribution in [1.82, 2.24) is 4.31 Å². The van der Waals surface area contributed by atoms with E-state index in [-0.39, 0.29) is 0 Å². The van der Waals surface area contributed by atoms with Gasteiger partial charge < -0.3 is 0 Å². The Morgan fingerprint density at radius 3 is 2.57 bits per heavy atom. The summed E-state index contributed by atoms with van der Waals surface area (Å²) >= 11 is 7.44. The molecule has 0 aliphatic heterocycles. The van der Waals surface area contributed by atoms with Crippen LogP contribution in [0.1, 0.15) is 22.9 Å². The maximum Gasteiger partial charge on any atom is 0.243 e. The van der Waals surface area contributed by atoms with E-state index in [2.05, 4.69) is 0 Å². The van der Waals surface area contributed by atoms with Gasteiger partial charge in [-0.05, 0) is 35.6 Å². The molecule has 0 atom stereocenters. The first kappa shape index (κ1) is 16.5. The standard InChI is InChI=1S/C15H18ClNO2S2/c1-3-17(11-14-7-5-9-20-14)21(18,19)15-8-4-6-13(10-16)12(15)2/h4-9H,3,10-11H2,1-2H3. The van der Waals surface area contributed by atoms with Gasteiger partial charge in [0.25, 0.3) is 0 Å². The van der Waals surface area contributed by atoms with Crippen LogP contribution >= 0.6 is 22.9 Å². The zero-order chi connectivity index (χ0) is 15.5. The van der Waals surface area contributed by atoms with Crippen LogP contribution in [0.4, 0.5) is 0 Å². The summed E-state index contributed by atoms with van der Waals surface area (Å²) in [5.74, 6) is 0.312. The predicted molar refractivity (Wildman–Crippen MR) is 88.3 cm³/mol. The lowest BCUT2D eigenvalue weighted by Crippen LogP contribution is -2.30. The Balaban J connectivity index is 2.40. The molecule has 0 aliphatic rings. The molecule has 21 heavy (non-hydrogen) atoms. The second-order valence-corrected chi connectivity index (χ2v) is 7.89. The van der Waals surface area contributed by atoms with Crippen molar-refractivity contribution < 1.29 is 8.42 Å². The van der Waals surface area contributed by atoms with Crippen molar-refractivity contribution >= 4 is 33.0 Å². The Morgan fingerprint density at radius 1 is 1.24 bits per heavy atom. The normalized spacial score (nSPS) is 12.0. The van der Waals surface area contributed by atoms with Gasteiger partial charge in [-0.3, -0.25) is 0 Å². The molecule has 114 valence electrons. The summed E-state index contributed by atoms with van der Waals surface area (Å²) in [6, 6.07) is 9.13. The first-order chi connectivity index (χ1) is 10.0. The van der Waals surface area contributed by atoms with E-state index >= 15 is 0 Å². The number of sulfonamides is 1. The number of hydrogen-bond acceptors (Lipinski definition) is 3. The fourth-order valence-electron chi connectivity index (χ4n) is 2.17. The minimum atomic E-state index is -3.51. The first-order valence-corrected chi connectivity index (χ1v) is 9.53. The van der Waals surface area contributed by atoms with Gasteiger partial charge in [0.2, 0.25) is 10.0 Å². The summed E-state index contributed by atoms with van der Waals surface area (Å²) in [4.78, 5) is 1.38. The predicted octanol–water partition coefficient (Wildman–Crippen LogP) is 4.01. The molecule has 1 aromatic carbocycles. The molecule has 1 aromatic heterocycles. The van der Waals surface area contributed by atoms with Gasteiger partial charge in [0, 0.05) is 23.8 Å². The minimum absolute atomic E-state index is 0.312. The third kappa shape index (κ3) is 3.48. The molecule has 3 nitrogen and oxygen atoms in total. The van der Waals surface area contributed by atoms with Crippen molar-refractivity contribution in [2.45, 2.75) is 31.2 Å². The number of alkyl halides is 1. The van der Waals surface area contributed by atoms with E-state index < -0.39 is 10.0 Å². The maximum atomic E-state index is 12.9. The Labute approximate surface area is 135 Å². The second kappa shape index (κ2) is 6.92. The smallest absolute Gasteiger partial charge is 0.207 e. The molecule has 0 aliphatic carbocycles. The summed E-state index contributed by atoms with van der Waals surface area (Å²) in [6.07, 6.45) is 0. The van der Waals surface area contributed by atoms with E-state index in [1.165, 1.54) is 4.31 Å². The SMILES string of the molecule is CCN(Cc1cccs1)S(=O)(=O)c1cccc(CCl)c1C. The van der Waals surface area contributed by atoms with Crippen molar-refractivity contribution in [3.05, 3.63) is 51.7 Å². The number of thiophene rings is 1. The highest BCUT2D eigenvalue weighted by Crippen LogP contribution is 2.25. The Bertz CT molecular complexity index is 696. The zero-order valence-corrected chi connectivity index (χ0v) is 14.4. The molecular weight excluding hydrogens is 326 g/mol. The first-order valence-electron chi connectivity index (χ1n) is 6.67. The molecule has 0 saturated heterocycles. The number of hydrogen-bond donors (Lipinski definition) is 0. The van der Waals surface area contributed by atoms with E-state index in [0.29, 0.717) is 23.9 Å². The van der Waals surface area contributed by atoms with Crippen LogP contribution in [0.25, 0.3) is 0 Å². The molecule has 0 saturated carbocycles. The molecule has 0 spiro atoms. The molecule has 2 aromatic rings. The zero-order valence-electron chi connectivity index (χ0n) is 12.0. The van der Waals surface area contributed by atoms with Crippen LogP contribution in [-0.4, -0.2) is 19.3 Å². The largest absolute Gasteiger partial charge is 0.243 e. The summed E-state index contributed by atoms with van der Waals surface area (Å²) < 4.78 is 27.2. The third-order valence-corrected chi connectivity index (χ3v) is 6.64. The van der Waals surface area contributed by atoms with Crippen LogP contribution in [0.2, 0.25) is 0 Å². The van der Waals surface area contributed by atoms with Gasteiger partial charge in [-0.25, -0.2) is 8.42 Å². The number of benzene rings is 1. The second-order valence-electron chi connectivity index (χ2n) is 4.68. The highest BCUT2D eigenvalue weighted by molar-refractivity contribution is 7.89. The molecule has 0 fully saturated rings. The van der Waals surface area contributed by atoms with Crippen LogP contribution in [0, 0.1) is 6.92 Å². The van der Waals surface area contributed by atoms with E-state index in [0.717, 1.165) is 16.0 Å². The highest BCUT2D eigenvalue weighted by Gasteiger charge is 2.25. The topological polar surface area (TPSA) is 37.4 Å². The molecular formula is C15H18ClNO2S2. The van der Waals surface area contributed by atoms with Crippen molar-refractivity contribution in [3.63, 3.8) is 0 Å². The molecule has 0 N–H and O–H groups in total. The molecule has 0 radical (unpaired) electrons. The fourth-order valence-corrected chi connectivity index (χ4v) is 4.95. The third-order valence-electron chi connectivity index (χ3n) is 3.42. The van der Waals surface area contributed by atoms with E-state index in [9.17, 15) is 8.42 Å². The quantitative estimate of drug-likeness (QED) is 0.743. The average molecular weight is 344 g/mol. The molecule has 0 unspecified atom stereocenters. The molecule has 1 heterocycles.